The van der Waals surface area contributed by atoms with Crippen molar-refractivity contribution in [2.75, 3.05) is 5.32 Å². The van der Waals surface area contributed by atoms with Gasteiger partial charge >= 0.3 is 0 Å². The molecular weight excluding hydrogens is 495 g/mol. The van der Waals surface area contributed by atoms with Crippen molar-refractivity contribution >= 4 is 68.3 Å². The van der Waals surface area contributed by atoms with Crippen LogP contribution in [0.3, 0.4) is 0 Å². The Kier molecular flexibility index (Phi) is 6.09. The third-order valence-corrected chi connectivity index (χ3v) is 6.18. The number of anilines is 1. The molecule has 1 N–H and O–H groups in total. The first-order chi connectivity index (χ1) is 16.4. The van der Waals surface area contributed by atoms with Crippen LogP contribution < -0.4 is 10.1 Å². The zero-order chi connectivity index (χ0) is 23.8. The van der Waals surface area contributed by atoms with Gasteiger partial charge in [-0.3, -0.25) is 4.79 Å². The number of halogens is 3. The van der Waals surface area contributed by atoms with Crippen molar-refractivity contribution in [1.29, 1.82) is 0 Å². The molecule has 0 aliphatic heterocycles. The number of fused-ring (bicyclic) bond motifs is 2. The number of ether oxygens (including phenoxy) is 1. The van der Waals surface area contributed by atoms with Gasteiger partial charge in [-0.2, -0.15) is 0 Å². The molecule has 4 aromatic carbocycles. The number of hydrogen-bond acceptors (Lipinski definition) is 4. The van der Waals surface area contributed by atoms with E-state index in [2.05, 4.69) is 10.3 Å². The minimum Gasteiger partial charge on any atom is -0.479 e. The fourth-order valence-electron chi connectivity index (χ4n) is 3.64. The molecule has 5 nitrogen and oxygen atoms in total. The number of oxazole rings is 1. The van der Waals surface area contributed by atoms with Gasteiger partial charge in [0, 0.05) is 26.7 Å². The third-order valence-electron chi connectivity index (χ3n) is 5.32. The summed E-state index contributed by atoms with van der Waals surface area (Å²) in [6, 6.07) is 21.6. The van der Waals surface area contributed by atoms with Crippen LogP contribution in [0.15, 0.2) is 77.2 Å². The van der Waals surface area contributed by atoms with E-state index in [0.29, 0.717) is 43.5 Å². The fourth-order valence-corrected chi connectivity index (χ4v) is 4.33. The molecule has 1 aromatic heterocycles. The topological polar surface area (TPSA) is 64.4 Å². The van der Waals surface area contributed by atoms with Crippen LogP contribution in [-0.2, 0) is 4.79 Å². The number of rotatable bonds is 5. The standard InChI is InChI=1S/C26H17Cl3N2O3/c1-14(33-23-10-8-15(27)12-21(23)29)25(32)30-16-9-11-24-22(13-16)31-26(34-24)19-6-2-5-18-17(19)4-3-7-20(18)28/h2-14H,1H3,(H,30,32). The second-order valence-electron chi connectivity index (χ2n) is 7.67. The van der Waals surface area contributed by atoms with E-state index in [9.17, 15) is 4.79 Å². The van der Waals surface area contributed by atoms with Crippen molar-refractivity contribution in [2.24, 2.45) is 0 Å². The predicted molar refractivity (Wildman–Crippen MR) is 137 cm³/mol. The van der Waals surface area contributed by atoms with Crippen LogP contribution in [0, 0.1) is 0 Å². The number of nitrogens with zero attached hydrogens (tertiary/aromatic N) is 1. The average Bonchev–Trinajstić information content (AvgIpc) is 3.24. The van der Waals surface area contributed by atoms with Crippen LogP contribution in [0.1, 0.15) is 6.92 Å². The normalized spacial score (nSPS) is 12.1. The summed E-state index contributed by atoms with van der Waals surface area (Å²) >= 11 is 18.4. The molecule has 1 heterocycles. The molecule has 0 aliphatic rings. The van der Waals surface area contributed by atoms with E-state index in [1.54, 1.807) is 43.3 Å². The Balaban J connectivity index is 1.38. The van der Waals surface area contributed by atoms with E-state index >= 15 is 0 Å². The Morgan fingerprint density at radius 1 is 0.941 bits per heavy atom. The highest BCUT2D eigenvalue weighted by Gasteiger charge is 2.18. The van der Waals surface area contributed by atoms with Crippen molar-refractivity contribution in [3.05, 3.63) is 87.9 Å². The summed E-state index contributed by atoms with van der Waals surface area (Å²) in [7, 11) is 0. The highest BCUT2D eigenvalue weighted by atomic mass is 35.5. The zero-order valence-electron chi connectivity index (χ0n) is 17.8. The van der Waals surface area contributed by atoms with Crippen molar-refractivity contribution in [2.45, 2.75) is 13.0 Å². The quantitative estimate of drug-likeness (QED) is 0.259. The molecule has 1 atom stereocenters. The first-order valence-corrected chi connectivity index (χ1v) is 11.5. The summed E-state index contributed by atoms with van der Waals surface area (Å²) in [5.41, 5.74) is 2.62. The molecule has 5 aromatic rings. The van der Waals surface area contributed by atoms with E-state index in [-0.39, 0.29) is 5.91 Å². The lowest BCUT2D eigenvalue weighted by molar-refractivity contribution is -0.122. The lowest BCUT2D eigenvalue weighted by Gasteiger charge is -2.15. The first kappa shape index (κ1) is 22.5. The highest BCUT2D eigenvalue weighted by Crippen LogP contribution is 2.34. The summed E-state index contributed by atoms with van der Waals surface area (Å²) in [4.78, 5) is 17.3. The third kappa shape index (κ3) is 4.42. The smallest absolute Gasteiger partial charge is 0.265 e. The molecule has 1 unspecified atom stereocenters. The second-order valence-corrected chi connectivity index (χ2v) is 8.92. The summed E-state index contributed by atoms with van der Waals surface area (Å²) < 4.78 is 11.7. The fraction of sp³-hybridized carbons (Fsp3) is 0.0769. The molecule has 0 aliphatic carbocycles. The monoisotopic (exact) mass is 510 g/mol. The average molecular weight is 512 g/mol. The van der Waals surface area contributed by atoms with Crippen LogP contribution in [0.2, 0.25) is 15.1 Å². The van der Waals surface area contributed by atoms with Gasteiger partial charge < -0.3 is 14.5 Å². The maximum absolute atomic E-state index is 12.7. The molecule has 8 heteroatoms. The van der Waals surface area contributed by atoms with Crippen molar-refractivity contribution in [1.82, 2.24) is 4.98 Å². The number of amides is 1. The van der Waals surface area contributed by atoms with Crippen LogP contribution in [0.25, 0.3) is 33.3 Å². The van der Waals surface area contributed by atoms with Crippen LogP contribution >= 0.6 is 34.8 Å². The van der Waals surface area contributed by atoms with Gasteiger partial charge in [0.1, 0.15) is 11.3 Å². The van der Waals surface area contributed by atoms with E-state index < -0.39 is 6.10 Å². The Hall–Kier alpha value is -3.25. The van der Waals surface area contributed by atoms with Crippen molar-refractivity contribution < 1.29 is 13.9 Å². The molecular formula is C26H17Cl3N2O3. The van der Waals surface area contributed by atoms with Crippen LogP contribution in [-0.4, -0.2) is 17.0 Å². The molecule has 170 valence electrons. The molecule has 0 radical (unpaired) electrons. The van der Waals surface area contributed by atoms with Gasteiger partial charge in [0.25, 0.3) is 5.91 Å². The van der Waals surface area contributed by atoms with Crippen molar-refractivity contribution in [3.8, 4) is 17.2 Å². The maximum atomic E-state index is 12.7. The molecule has 0 saturated carbocycles. The summed E-state index contributed by atoms with van der Waals surface area (Å²) in [5.74, 6) is 0.513. The lowest BCUT2D eigenvalue weighted by atomic mass is 10.0. The number of nitrogens with one attached hydrogen (secondary N) is 1. The van der Waals surface area contributed by atoms with Crippen molar-refractivity contribution in [3.63, 3.8) is 0 Å². The molecule has 0 fully saturated rings. The molecule has 0 saturated heterocycles. The van der Waals surface area contributed by atoms with Gasteiger partial charge in [-0.15, -0.1) is 0 Å². The van der Waals surface area contributed by atoms with Gasteiger partial charge in [0.15, 0.2) is 11.7 Å². The highest BCUT2D eigenvalue weighted by molar-refractivity contribution is 6.36. The van der Waals surface area contributed by atoms with Gasteiger partial charge in [-0.25, -0.2) is 4.98 Å². The molecule has 34 heavy (non-hydrogen) atoms. The van der Waals surface area contributed by atoms with Gasteiger partial charge in [-0.05, 0) is 60.8 Å². The minimum absolute atomic E-state index is 0.332. The number of carbonyl (C=O) groups excluding carboxylic acids is 1. The molecule has 1 amide bonds. The maximum Gasteiger partial charge on any atom is 0.265 e. The van der Waals surface area contributed by atoms with Gasteiger partial charge in [0.05, 0.1) is 5.02 Å². The molecule has 0 bridgehead atoms. The zero-order valence-corrected chi connectivity index (χ0v) is 20.1. The summed E-state index contributed by atoms with van der Waals surface area (Å²) in [6.45, 7) is 1.64. The first-order valence-electron chi connectivity index (χ1n) is 10.4. The molecule has 0 spiro atoms. The second kappa shape index (κ2) is 9.18. The number of benzene rings is 4. The van der Waals surface area contributed by atoms with Gasteiger partial charge in [-0.1, -0.05) is 59.1 Å². The SMILES string of the molecule is CC(Oc1ccc(Cl)cc1Cl)C(=O)Nc1ccc2oc(-c3cccc4c(Cl)cccc34)nc2c1. The Morgan fingerprint density at radius 2 is 1.74 bits per heavy atom. The summed E-state index contributed by atoms with van der Waals surface area (Å²) in [5, 5.41) is 6.19. The predicted octanol–water partition coefficient (Wildman–Crippen LogP) is 8.01. The lowest BCUT2D eigenvalue weighted by Crippen LogP contribution is -2.30. The van der Waals surface area contributed by atoms with E-state index in [1.807, 2.05) is 36.4 Å². The van der Waals surface area contributed by atoms with E-state index in [1.165, 1.54) is 0 Å². The number of aromatic nitrogens is 1. The Labute approximate surface area is 210 Å². The minimum atomic E-state index is -0.789. The van der Waals surface area contributed by atoms with E-state index in [0.717, 1.165) is 16.3 Å². The van der Waals surface area contributed by atoms with Crippen LogP contribution in [0.5, 0.6) is 5.75 Å². The summed E-state index contributed by atoms with van der Waals surface area (Å²) in [6.07, 6.45) is -0.789. The van der Waals surface area contributed by atoms with Crippen LogP contribution in [0.4, 0.5) is 5.69 Å². The number of carbonyl (C=O) groups is 1. The van der Waals surface area contributed by atoms with E-state index in [4.69, 9.17) is 44.0 Å². The molecule has 5 rings (SSSR count). The Bertz CT molecular complexity index is 1550. The largest absolute Gasteiger partial charge is 0.479 e. The number of hydrogen-bond donors (Lipinski definition) is 1. The van der Waals surface area contributed by atoms with Gasteiger partial charge in [0.2, 0.25) is 5.89 Å². The Morgan fingerprint density at radius 3 is 2.56 bits per heavy atom.